The number of fused-ring (bicyclic) bond motifs is 1. The summed E-state index contributed by atoms with van der Waals surface area (Å²) in [5, 5.41) is 5.25. The average molecular weight is 573 g/mol. The highest BCUT2D eigenvalue weighted by atomic mass is 32.2. The first-order chi connectivity index (χ1) is 19.7. The van der Waals surface area contributed by atoms with Crippen LogP contribution in [0, 0.1) is 12.7 Å². The molecule has 0 spiro atoms. The number of benzene rings is 3. The number of sulfonamides is 1. The first-order valence-electron chi connectivity index (χ1n) is 14.3. The molecule has 1 atom stereocenters. The Hall–Kier alpha value is -3.49. The summed E-state index contributed by atoms with van der Waals surface area (Å²) in [6.45, 7) is 10.6. The molecule has 0 bridgehead atoms. The molecule has 3 aromatic carbocycles. The lowest BCUT2D eigenvalue weighted by Crippen LogP contribution is -2.45. The third kappa shape index (κ3) is 5.19. The zero-order valence-electron chi connectivity index (χ0n) is 23.8. The van der Waals surface area contributed by atoms with Gasteiger partial charge in [-0.25, -0.2) is 21.8 Å². The van der Waals surface area contributed by atoms with Crippen molar-refractivity contribution in [2.45, 2.75) is 50.2 Å². The Bertz CT molecular complexity index is 1680. The van der Waals surface area contributed by atoms with Gasteiger partial charge in [-0.2, -0.15) is 5.10 Å². The van der Waals surface area contributed by atoms with Crippen molar-refractivity contribution in [2.75, 3.05) is 26.2 Å². The van der Waals surface area contributed by atoms with Crippen LogP contribution in [0.1, 0.15) is 42.9 Å². The summed E-state index contributed by atoms with van der Waals surface area (Å²) >= 11 is 0. The standard InChI is InChI=1S/C33H37FN4O2S/c1-24(2)36-16-13-30(14-17-36)41(39,40)37-18-15-33(23-37,21-26-7-5-4-6-8-26)31-20-27-22-35-38(32(27)19-25(31)3)29-11-9-28(34)10-12-29/h4-12,19-20,22,30H,1,13-18,21,23H2,2-3H3. The van der Waals surface area contributed by atoms with Crippen molar-refractivity contribution in [3.05, 3.63) is 108 Å². The summed E-state index contributed by atoms with van der Waals surface area (Å²) in [6.07, 6.45) is 4.61. The van der Waals surface area contributed by atoms with Crippen molar-refractivity contribution in [2.24, 2.45) is 0 Å². The summed E-state index contributed by atoms with van der Waals surface area (Å²) in [7, 11) is -3.44. The fourth-order valence-electron chi connectivity index (χ4n) is 6.78. The number of hydrogen-bond acceptors (Lipinski definition) is 4. The molecule has 0 radical (unpaired) electrons. The van der Waals surface area contributed by atoms with Gasteiger partial charge in [-0.1, -0.05) is 36.9 Å². The zero-order valence-corrected chi connectivity index (χ0v) is 24.6. The number of piperidine rings is 1. The number of halogens is 1. The van der Waals surface area contributed by atoms with Crippen molar-refractivity contribution in [1.29, 1.82) is 0 Å². The van der Waals surface area contributed by atoms with Crippen LogP contribution in [-0.2, 0) is 21.9 Å². The molecular formula is C33H37FN4O2S. The Kier molecular flexibility index (Phi) is 7.24. The molecule has 0 amide bonds. The largest absolute Gasteiger partial charge is 0.375 e. The molecule has 2 fully saturated rings. The quantitative estimate of drug-likeness (QED) is 0.273. The van der Waals surface area contributed by atoms with Gasteiger partial charge < -0.3 is 4.90 Å². The molecule has 1 unspecified atom stereocenters. The average Bonchev–Trinajstić information content (AvgIpc) is 3.59. The van der Waals surface area contributed by atoms with Gasteiger partial charge in [-0.3, -0.25) is 0 Å². The Morgan fingerprint density at radius 3 is 2.44 bits per heavy atom. The van der Waals surface area contributed by atoms with E-state index in [9.17, 15) is 12.8 Å². The summed E-state index contributed by atoms with van der Waals surface area (Å²) in [6, 6.07) is 21.0. The zero-order chi connectivity index (χ0) is 28.8. The number of rotatable bonds is 7. The number of aryl methyl sites for hydroxylation is 1. The Labute approximate surface area is 242 Å². The van der Waals surface area contributed by atoms with E-state index in [0.717, 1.165) is 53.8 Å². The molecule has 8 heteroatoms. The molecule has 41 heavy (non-hydrogen) atoms. The van der Waals surface area contributed by atoms with Gasteiger partial charge in [0.15, 0.2) is 0 Å². The molecule has 6 nitrogen and oxygen atoms in total. The molecule has 3 heterocycles. The van der Waals surface area contributed by atoms with Gasteiger partial charge in [0.1, 0.15) is 5.82 Å². The minimum Gasteiger partial charge on any atom is -0.375 e. The van der Waals surface area contributed by atoms with Crippen molar-refractivity contribution in [3.63, 3.8) is 0 Å². The Morgan fingerprint density at radius 1 is 1.05 bits per heavy atom. The molecule has 0 saturated carbocycles. The molecule has 0 aliphatic carbocycles. The van der Waals surface area contributed by atoms with E-state index >= 15 is 0 Å². The van der Waals surface area contributed by atoms with E-state index in [1.54, 1.807) is 16.4 Å². The first-order valence-corrected chi connectivity index (χ1v) is 15.8. The number of nitrogens with zero attached hydrogens (tertiary/aromatic N) is 4. The van der Waals surface area contributed by atoms with Crippen LogP contribution in [0.15, 0.2) is 85.2 Å². The van der Waals surface area contributed by atoms with E-state index < -0.39 is 10.0 Å². The highest BCUT2D eigenvalue weighted by molar-refractivity contribution is 7.89. The number of allylic oxidation sites excluding steroid dienone is 1. The predicted molar refractivity (Wildman–Crippen MR) is 162 cm³/mol. The van der Waals surface area contributed by atoms with Crippen molar-refractivity contribution < 1.29 is 12.8 Å². The fourth-order valence-corrected chi connectivity index (χ4v) is 8.78. The fraction of sp³-hybridized carbons (Fsp3) is 0.364. The first kappa shape index (κ1) is 27.7. The third-order valence-electron chi connectivity index (χ3n) is 9.02. The molecular weight excluding hydrogens is 535 g/mol. The van der Waals surface area contributed by atoms with E-state index in [-0.39, 0.29) is 16.5 Å². The minimum atomic E-state index is -3.44. The number of aromatic nitrogens is 2. The maximum absolute atomic E-state index is 14.0. The second-order valence-corrected chi connectivity index (χ2v) is 14.0. The van der Waals surface area contributed by atoms with E-state index in [2.05, 4.69) is 47.8 Å². The SMILES string of the molecule is C=C(C)N1CCC(S(=O)(=O)N2CCC(Cc3ccccc3)(c3cc4cnn(-c5ccc(F)cc5)c4cc3C)C2)CC1. The summed E-state index contributed by atoms with van der Waals surface area (Å²) in [5.41, 5.74) is 5.85. The highest BCUT2D eigenvalue weighted by Gasteiger charge is 2.47. The smallest absolute Gasteiger partial charge is 0.217 e. The normalized spacial score (nSPS) is 20.6. The molecule has 2 saturated heterocycles. The number of hydrogen-bond donors (Lipinski definition) is 0. The van der Waals surface area contributed by atoms with Gasteiger partial charge >= 0.3 is 0 Å². The summed E-state index contributed by atoms with van der Waals surface area (Å²) < 4.78 is 45.1. The lowest BCUT2D eigenvalue weighted by atomic mass is 9.73. The Morgan fingerprint density at radius 2 is 1.76 bits per heavy atom. The van der Waals surface area contributed by atoms with Gasteiger partial charge in [0, 0.05) is 42.7 Å². The molecule has 2 aliphatic heterocycles. The van der Waals surface area contributed by atoms with Gasteiger partial charge in [0.05, 0.1) is 22.7 Å². The second kappa shape index (κ2) is 10.7. The maximum Gasteiger partial charge on any atom is 0.217 e. The molecule has 0 N–H and O–H groups in total. The predicted octanol–water partition coefficient (Wildman–Crippen LogP) is 5.99. The van der Waals surface area contributed by atoms with Crippen LogP contribution in [0.5, 0.6) is 0 Å². The second-order valence-electron chi connectivity index (χ2n) is 11.8. The molecule has 214 valence electrons. The van der Waals surface area contributed by atoms with Gasteiger partial charge in [-0.05, 0) is 92.6 Å². The van der Waals surface area contributed by atoms with Crippen LogP contribution < -0.4 is 0 Å². The topological polar surface area (TPSA) is 58.4 Å². The Balaban J connectivity index is 1.36. The van der Waals surface area contributed by atoms with Gasteiger partial charge in [0.2, 0.25) is 10.0 Å². The van der Waals surface area contributed by atoms with Crippen LogP contribution in [0.2, 0.25) is 0 Å². The van der Waals surface area contributed by atoms with Crippen LogP contribution in [0.4, 0.5) is 4.39 Å². The van der Waals surface area contributed by atoms with E-state index in [1.807, 2.05) is 36.0 Å². The van der Waals surface area contributed by atoms with Crippen molar-refractivity contribution in [1.82, 2.24) is 19.0 Å². The van der Waals surface area contributed by atoms with E-state index in [0.29, 0.717) is 25.9 Å². The maximum atomic E-state index is 14.0. The van der Waals surface area contributed by atoms with Crippen LogP contribution in [0.3, 0.4) is 0 Å². The summed E-state index contributed by atoms with van der Waals surface area (Å²) in [4.78, 5) is 2.18. The highest BCUT2D eigenvalue weighted by Crippen LogP contribution is 2.43. The van der Waals surface area contributed by atoms with Gasteiger partial charge in [0.25, 0.3) is 0 Å². The van der Waals surface area contributed by atoms with E-state index in [4.69, 9.17) is 0 Å². The molecule has 4 aromatic rings. The number of likely N-dealkylation sites (tertiary alicyclic amines) is 1. The third-order valence-corrected chi connectivity index (χ3v) is 11.4. The molecule has 2 aliphatic rings. The molecule has 6 rings (SSSR count). The van der Waals surface area contributed by atoms with Gasteiger partial charge in [-0.15, -0.1) is 0 Å². The lowest BCUT2D eigenvalue weighted by molar-refractivity contribution is 0.282. The van der Waals surface area contributed by atoms with Crippen molar-refractivity contribution in [3.8, 4) is 5.69 Å². The monoisotopic (exact) mass is 572 g/mol. The van der Waals surface area contributed by atoms with E-state index in [1.165, 1.54) is 23.3 Å². The van der Waals surface area contributed by atoms with Crippen LogP contribution >= 0.6 is 0 Å². The van der Waals surface area contributed by atoms with Crippen molar-refractivity contribution >= 4 is 20.9 Å². The van der Waals surface area contributed by atoms with Crippen LogP contribution in [0.25, 0.3) is 16.6 Å². The molecule has 1 aromatic heterocycles. The lowest BCUT2D eigenvalue weighted by Gasteiger charge is -2.36. The minimum absolute atomic E-state index is 0.284. The summed E-state index contributed by atoms with van der Waals surface area (Å²) in [5.74, 6) is -0.284. The van der Waals surface area contributed by atoms with Crippen LogP contribution in [-0.4, -0.2) is 58.8 Å².